The SMILES string of the molecule is C/N=C(/C1CCCCCC1)C1CCCCC1. The molecule has 0 aromatic carbocycles. The fourth-order valence-corrected chi connectivity index (χ4v) is 3.67. The first-order valence-electron chi connectivity index (χ1n) is 7.38. The van der Waals surface area contributed by atoms with E-state index in [4.69, 9.17) is 4.99 Å². The van der Waals surface area contributed by atoms with Crippen LogP contribution < -0.4 is 0 Å². The molecule has 2 fully saturated rings. The van der Waals surface area contributed by atoms with Gasteiger partial charge in [0.2, 0.25) is 0 Å². The summed E-state index contributed by atoms with van der Waals surface area (Å²) in [4.78, 5) is 4.69. The van der Waals surface area contributed by atoms with Gasteiger partial charge in [-0.25, -0.2) is 0 Å². The molecule has 16 heavy (non-hydrogen) atoms. The zero-order valence-corrected chi connectivity index (χ0v) is 10.9. The zero-order chi connectivity index (χ0) is 11.2. The van der Waals surface area contributed by atoms with E-state index in [1.165, 1.54) is 70.6 Å². The molecular formula is C15H27N. The lowest BCUT2D eigenvalue weighted by Crippen LogP contribution is -2.25. The Balaban J connectivity index is 1.96. The first kappa shape index (κ1) is 12.1. The summed E-state index contributed by atoms with van der Waals surface area (Å²) in [7, 11) is 2.04. The lowest BCUT2D eigenvalue weighted by Gasteiger charge is -2.28. The minimum atomic E-state index is 0.843. The van der Waals surface area contributed by atoms with Gasteiger partial charge >= 0.3 is 0 Å². The van der Waals surface area contributed by atoms with Crippen LogP contribution in [0.15, 0.2) is 4.99 Å². The first-order valence-corrected chi connectivity index (χ1v) is 7.38. The minimum Gasteiger partial charge on any atom is -0.297 e. The van der Waals surface area contributed by atoms with Crippen molar-refractivity contribution in [2.45, 2.75) is 70.6 Å². The van der Waals surface area contributed by atoms with E-state index in [0.29, 0.717) is 0 Å². The van der Waals surface area contributed by atoms with Crippen molar-refractivity contribution in [3.05, 3.63) is 0 Å². The van der Waals surface area contributed by atoms with Crippen LogP contribution in [-0.4, -0.2) is 12.8 Å². The maximum Gasteiger partial charge on any atom is 0.0276 e. The molecule has 2 aliphatic carbocycles. The predicted octanol–water partition coefficient (Wildman–Crippen LogP) is 4.61. The standard InChI is InChI=1S/C15H27N/c1-16-15(14-11-7-4-8-12-14)13-9-5-2-3-6-10-13/h13-14H,2-12H2,1H3/b16-15-. The molecule has 0 amide bonds. The highest BCUT2D eigenvalue weighted by Crippen LogP contribution is 2.32. The fraction of sp³-hybridized carbons (Fsp3) is 0.933. The molecular weight excluding hydrogens is 194 g/mol. The van der Waals surface area contributed by atoms with Crippen molar-refractivity contribution in [2.24, 2.45) is 16.8 Å². The van der Waals surface area contributed by atoms with Gasteiger partial charge in [-0.1, -0.05) is 44.9 Å². The van der Waals surface area contributed by atoms with E-state index >= 15 is 0 Å². The third-order valence-corrected chi connectivity index (χ3v) is 4.56. The Bertz CT molecular complexity index is 218. The molecule has 0 heterocycles. The van der Waals surface area contributed by atoms with Gasteiger partial charge in [-0.3, -0.25) is 4.99 Å². The van der Waals surface area contributed by atoms with Crippen LogP contribution in [0.25, 0.3) is 0 Å². The van der Waals surface area contributed by atoms with E-state index < -0.39 is 0 Å². The minimum absolute atomic E-state index is 0.843. The number of hydrogen-bond donors (Lipinski definition) is 0. The Morgan fingerprint density at radius 2 is 1.06 bits per heavy atom. The largest absolute Gasteiger partial charge is 0.297 e. The molecule has 0 saturated heterocycles. The maximum atomic E-state index is 4.69. The van der Waals surface area contributed by atoms with Crippen molar-refractivity contribution < 1.29 is 0 Å². The summed E-state index contributed by atoms with van der Waals surface area (Å²) in [5.41, 5.74) is 1.60. The monoisotopic (exact) mass is 221 g/mol. The summed E-state index contributed by atoms with van der Waals surface area (Å²) in [5, 5.41) is 0. The zero-order valence-electron chi connectivity index (χ0n) is 10.9. The Morgan fingerprint density at radius 1 is 0.688 bits per heavy atom. The number of aliphatic imine (C=N–C) groups is 1. The van der Waals surface area contributed by atoms with Gasteiger partial charge in [-0.2, -0.15) is 0 Å². The van der Waals surface area contributed by atoms with Crippen LogP contribution in [0.1, 0.15) is 70.6 Å². The number of hydrogen-bond acceptors (Lipinski definition) is 1. The third kappa shape index (κ3) is 3.09. The van der Waals surface area contributed by atoms with Crippen LogP contribution in [0.4, 0.5) is 0 Å². The molecule has 2 rings (SSSR count). The molecule has 0 atom stereocenters. The van der Waals surface area contributed by atoms with E-state index in [2.05, 4.69) is 0 Å². The van der Waals surface area contributed by atoms with E-state index in [0.717, 1.165) is 11.8 Å². The normalized spacial score (nSPS) is 26.7. The topological polar surface area (TPSA) is 12.4 Å². The van der Waals surface area contributed by atoms with Gasteiger partial charge in [-0.05, 0) is 37.5 Å². The van der Waals surface area contributed by atoms with Crippen molar-refractivity contribution in [2.75, 3.05) is 7.05 Å². The molecule has 0 N–H and O–H groups in total. The highest BCUT2D eigenvalue weighted by Gasteiger charge is 2.25. The average molecular weight is 221 g/mol. The van der Waals surface area contributed by atoms with Gasteiger partial charge in [-0.15, -0.1) is 0 Å². The highest BCUT2D eigenvalue weighted by molar-refractivity contribution is 5.89. The molecule has 2 aliphatic rings. The Kier molecular flexibility index (Phi) is 4.87. The molecule has 1 heteroatoms. The Morgan fingerprint density at radius 3 is 1.44 bits per heavy atom. The third-order valence-electron chi connectivity index (χ3n) is 4.56. The summed E-state index contributed by atoms with van der Waals surface area (Å²) < 4.78 is 0. The molecule has 1 nitrogen and oxygen atoms in total. The lowest BCUT2D eigenvalue weighted by molar-refractivity contribution is 0.417. The van der Waals surface area contributed by atoms with Crippen molar-refractivity contribution >= 4 is 5.71 Å². The van der Waals surface area contributed by atoms with Crippen molar-refractivity contribution in [3.8, 4) is 0 Å². The summed E-state index contributed by atoms with van der Waals surface area (Å²) in [6.45, 7) is 0. The van der Waals surface area contributed by atoms with Crippen LogP contribution in [0.3, 0.4) is 0 Å². The van der Waals surface area contributed by atoms with E-state index in [1.807, 2.05) is 7.05 Å². The van der Waals surface area contributed by atoms with Crippen LogP contribution in [0.2, 0.25) is 0 Å². The summed E-state index contributed by atoms with van der Waals surface area (Å²) in [6, 6.07) is 0. The van der Waals surface area contributed by atoms with Crippen LogP contribution in [-0.2, 0) is 0 Å². The average Bonchev–Trinajstić information content (AvgIpc) is 2.61. The van der Waals surface area contributed by atoms with Crippen LogP contribution >= 0.6 is 0 Å². The van der Waals surface area contributed by atoms with E-state index in [9.17, 15) is 0 Å². The van der Waals surface area contributed by atoms with Crippen molar-refractivity contribution in [1.29, 1.82) is 0 Å². The second kappa shape index (κ2) is 6.42. The molecule has 0 bridgehead atoms. The van der Waals surface area contributed by atoms with Crippen molar-refractivity contribution in [3.63, 3.8) is 0 Å². The second-order valence-electron chi connectivity index (χ2n) is 5.67. The molecule has 0 aliphatic heterocycles. The van der Waals surface area contributed by atoms with Gasteiger partial charge in [0, 0.05) is 12.8 Å². The molecule has 0 unspecified atom stereocenters. The Labute approximate surface area is 101 Å². The Hall–Kier alpha value is -0.330. The number of rotatable bonds is 2. The molecule has 0 aromatic heterocycles. The van der Waals surface area contributed by atoms with E-state index in [-0.39, 0.29) is 0 Å². The first-order chi connectivity index (χ1) is 7.92. The van der Waals surface area contributed by atoms with Crippen molar-refractivity contribution in [1.82, 2.24) is 0 Å². The predicted molar refractivity (Wildman–Crippen MR) is 71.1 cm³/mol. The molecule has 0 spiro atoms. The molecule has 92 valence electrons. The van der Waals surface area contributed by atoms with Gasteiger partial charge in [0.05, 0.1) is 0 Å². The molecule has 0 aromatic rings. The van der Waals surface area contributed by atoms with E-state index in [1.54, 1.807) is 5.71 Å². The van der Waals surface area contributed by atoms with Crippen LogP contribution in [0.5, 0.6) is 0 Å². The van der Waals surface area contributed by atoms with Gasteiger partial charge in [0.15, 0.2) is 0 Å². The summed E-state index contributed by atoms with van der Waals surface area (Å²) in [6.07, 6.45) is 15.8. The van der Waals surface area contributed by atoms with Gasteiger partial charge < -0.3 is 0 Å². The number of nitrogens with zero attached hydrogens (tertiary/aromatic N) is 1. The molecule has 0 radical (unpaired) electrons. The lowest BCUT2D eigenvalue weighted by atomic mass is 9.78. The van der Waals surface area contributed by atoms with Gasteiger partial charge in [0.25, 0.3) is 0 Å². The highest BCUT2D eigenvalue weighted by atomic mass is 14.7. The molecule has 2 saturated carbocycles. The quantitative estimate of drug-likeness (QED) is 0.477. The van der Waals surface area contributed by atoms with Crippen LogP contribution in [0, 0.1) is 11.8 Å². The smallest absolute Gasteiger partial charge is 0.0276 e. The summed E-state index contributed by atoms with van der Waals surface area (Å²) in [5.74, 6) is 1.69. The summed E-state index contributed by atoms with van der Waals surface area (Å²) >= 11 is 0. The fourth-order valence-electron chi connectivity index (χ4n) is 3.67. The second-order valence-corrected chi connectivity index (χ2v) is 5.67. The maximum absolute atomic E-state index is 4.69. The van der Waals surface area contributed by atoms with Gasteiger partial charge in [0.1, 0.15) is 0 Å².